The Balaban J connectivity index is 1.81. The number of amides is 2. The maximum absolute atomic E-state index is 13.2. The number of carbonyl (C=O) groups excluding carboxylic acids is 1. The Kier molecular flexibility index (Phi) is 8.53. The van der Waals surface area contributed by atoms with Gasteiger partial charge in [-0.15, -0.1) is 0 Å². The summed E-state index contributed by atoms with van der Waals surface area (Å²) in [5.74, 6) is 0.0824. The largest absolute Gasteiger partial charge is 0.416 e. The van der Waals surface area contributed by atoms with E-state index < -0.39 is 26.8 Å². The van der Waals surface area contributed by atoms with Gasteiger partial charge < -0.3 is 14.4 Å². The smallest absolute Gasteiger partial charge is 0.379 e. The molecule has 1 N–H and O–H groups in total. The van der Waals surface area contributed by atoms with E-state index in [1.54, 1.807) is 17.0 Å². The average molecular weight is 535 g/mol. The molecule has 0 bridgehead atoms. The van der Waals surface area contributed by atoms with Gasteiger partial charge in [0.05, 0.1) is 5.56 Å². The zero-order chi connectivity index (χ0) is 27.4. The van der Waals surface area contributed by atoms with Crippen LogP contribution in [0.5, 0.6) is 5.75 Å². The van der Waals surface area contributed by atoms with E-state index in [0.717, 1.165) is 35.0 Å². The molecule has 0 fully saturated rings. The third kappa shape index (κ3) is 7.48. The first kappa shape index (κ1) is 28.0. The van der Waals surface area contributed by atoms with Gasteiger partial charge in [-0.3, -0.25) is 0 Å². The molecule has 3 aromatic carbocycles. The van der Waals surface area contributed by atoms with Crippen molar-refractivity contribution >= 4 is 21.8 Å². The van der Waals surface area contributed by atoms with Gasteiger partial charge in [-0.25, -0.2) is 4.79 Å². The molecule has 0 heterocycles. The molecule has 6 nitrogen and oxygen atoms in total. The lowest BCUT2D eigenvalue weighted by Crippen LogP contribution is -2.37. The zero-order valence-electron chi connectivity index (χ0n) is 21.0. The lowest BCUT2D eigenvalue weighted by atomic mass is 10.1. The van der Waals surface area contributed by atoms with Crippen LogP contribution in [0.25, 0.3) is 0 Å². The van der Waals surface area contributed by atoms with E-state index in [4.69, 9.17) is 4.18 Å². The zero-order valence-corrected chi connectivity index (χ0v) is 21.8. The second-order valence-corrected chi connectivity index (χ2v) is 10.7. The molecule has 0 unspecified atom stereocenters. The van der Waals surface area contributed by atoms with Gasteiger partial charge in [0.25, 0.3) is 0 Å². The molecule has 0 spiro atoms. The first-order valence-electron chi connectivity index (χ1n) is 11.6. The summed E-state index contributed by atoms with van der Waals surface area (Å²) in [6.07, 6.45) is -4.69. The van der Waals surface area contributed by atoms with Crippen molar-refractivity contribution in [1.82, 2.24) is 4.90 Å². The van der Waals surface area contributed by atoms with Gasteiger partial charge in [-0.1, -0.05) is 50.2 Å². The fourth-order valence-electron chi connectivity index (χ4n) is 3.78. The van der Waals surface area contributed by atoms with Crippen LogP contribution in [-0.4, -0.2) is 25.9 Å². The lowest BCUT2D eigenvalue weighted by molar-refractivity contribution is -0.137. The number of hydrogen-bond acceptors (Lipinski definition) is 4. The summed E-state index contributed by atoms with van der Waals surface area (Å²) >= 11 is 0. The highest BCUT2D eigenvalue weighted by atomic mass is 32.2. The number of rotatable bonds is 8. The van der Waals surface area contributed by atoms with Crippen LogP contribution in [0.3, 0.4) is 0 Å². The van der Waals surface area contributed by atoms with Crippen molar-refractivity contribution in [3.63, 3.8) is 0 Å². The lowest BCUT2D eigenvalue weighted by Gasteiger charge is -2.26. The number of para-hydroxylation sites is 1. The molecular formula is C27H29F3N2O4S. The average Bonchev–Trinajstić information content (AvgIpc) is 2.80. The molecule has 37 heavy (non-hydrogen) atoms. The molecule has 2 amide bonds. The first-order chi connectivity index (χ1) is 17.3. The van der Waals surface area contributed by atoms with Crippen LogP contribution < -0.4 is 9.50 Å². The SMILES string of the molecule is Cc1cccc(C)c1NC(=O)N(Cc1cccc(OS(=O)(=O)c2cccc(C(F)(F)F)c2)c1)CC(C)C. The predicted molar refractivity (Wildman–Crippen MR) is 136 cm³/mol. The predicted octanol–water partition coefficient (Wildman–Crippen LogP) is 6.78. The Bertz CT molecular complexity index is 1350. The number of carbonyl (C=O) groups is 1. The van der Waals surface area contributed by atoms with Gasteiger partial charge in [0.15, 0.2) is 0 Å². The molecule has 0 saturated carbocycles. The molecule has 0 aromatic heterocycles. The molecule has 0 saturated heterocycles. The number of benzene rings is 3. The van der Waals surface area contributed by atoms with Gasteiger partial charge in [0, 0.05) is 18.8 Å². The van der Waals surface area contributed by atoms with Crippen molar-refractivity contribution in [2.45, 2.75) is 45.3 Å². The number of halogens is 3. The number of nitrogens with one attached hydrogen (secondary N) is 1. The van der Waals surface area contributed by atoms with E-state index in [1.165, 1.54) is 12.1 Å². The number of anilines is 1. The molecule has 10 heteroatoms. The fourth-order valence-corrected chi connectivity index (χ4v) is 4.75. The monoisotopic (exact) mass is 534 g/mol. The second kappa shape index (κ2) is 11.2. The highest BCUT2D eigenvalue weighted by Gasteiger charge is 2.32. The number of nitrogens with zero attached hydrogens (tertiary/aromatic N) is 1. The Morgan fingerprint density at radius 2 is 1.59 bits per heavy atom. The van der Waals surface area contributed by atoms with Crippen LogP contribution in [0.15, 0.2) is 71.6 Å². The standard InChI is InChI=1S/C27H29F3N2O4S/c1-18(2)16-32(26(33)31-25-19(3)8-5-9-20(25)4)17-21-10-6-12-23(14-21)36-37(34,35)24-13-7-11-22(15-24)27(28,29)30/h5-15,18H,16-17H2,1-4H3,(H,31,33). The van der Waals surface area contributed by atoms with Crippen LogP contribution in [0, 0.1) is 19.8 Å². The third-order valence-electron chi connectivity index (χ3n) is 5.51. The summed E-state index contributed by atoms with van der Waals surface area (Å²) in [5.41, 5.74) is 2.07. The minimum Gasteiger partial charge on any atom is -0.379 e. The summed E-state index contributed by atoms with van der Waals surface area (Å²) in [5, 5.41) is 2.96. The minimum absolute atomic E-state index is 0.0745. The van der Waals surface area contributed by atoms with Gasteiger partial charge in [-0.2, -0.15) is 21.6 Å². The van der Waals surface area contributed by atoms with E-state index in [-0.39, 0.29) is 24.2 Å². The van der Waals surface area contributed by atoms with E-state index >= 15 is 0 Å². The van der Waals surface area contributed by atoms with Crippen molar-refractivity contribution in [2.75, 3.05) is 11.9 Å². The van der Waals surface area contributed by atoms with Crippen LogP contribution in [0.1, 0.15) is 36.1 Å². The number of aryl methyl sites for hydroxylation is 2. The van der Waals surface area contributed by atoms with Gasteiger partial charge in [-0.05, 0) is 66.8 Å². The van der Waals surface area contributed by atoms with Crippen molar-refractivity contribution in [3.8, 4) is 5.75 Å². The first-order valence-corrected chi connectivity index (χ1v) is 13.0. The number of alkyl halides is 3. The van der Waals surface area contributed by atoms with E-state index in [2.05, 4.69) is 5.32 Å². The van der Waals surface area contributed by atoms with E-state index in [9.17, 15) is 26.4 Å². The molecular weight excluding hydrogens is 505 g/mol. The molecule has 0 atom stereocenters. The summed E-state index contributed by atoms with van der Waals surface area (Å²) in [6, 6.07) is 14.9. The molecule has 0 aliphatic heterocycles. The van der Waals surface area contributed by atoms with E-state index in [0.29, 0.717) is 18.2 Å². The maximum atomic E-state index is 13.2. The molecule has 0 radical (unpaired) electrons. The van der Waals surface area contributed by atoms with Crippen LogP contribution >= 0.6 is 0 Å². The van der Waals surface area contributed by atoms with Gasteiger partial charge >= 0.3 is 22.3 Å². The summed E-state index contributed by atoms with van der Waals surface area (Å²) < 4.78 is 69.5. The third-order valence-corrected chi connectivity index (χ3v) is 6.76. The van der Waals surface area contributed by atoms with Crippen LogP contribution in [-0.2, 0) is 22.8 Å². The van der Waals surface area contributed by atoms with Crippen molar-refractivity contribution in [3.05, 3.63) is 89.0 Å². The molecule has 198 valence electrons. The van der Waals surface area contributed by atoms with E-state index in [1.807, 2.05) is 45.9 Å². The maximum Gasteiger partial charge on any atom is 0.416 e. The topological polar surface area (TPSA) is 75.7 Å². The number of hydrogen-bond donors (Lipinski definition) is 1. The van der Waals surface area contributed by atoms with Crippen LogP contribution in [0.2, 0.25) is 0 Å². The number of urea groups is 1. The highest BCUT2D eigenvalue weighted by Crippen LogP contribution is 2.31. The highest BCUT2D eigenvalue weighted by molar-refractivity contribution is 7.87. The minimum atomic E-state index is -4.69. The molecule has 3 rings (SSSR count). The second-order valence-electron chi connectivity index (χ2n) is 9.18. The van der Waals surface area contributed by atoms with Gasteiger partial charge in [0.2, 0.25) is 0 Å². The Morgan fingerprint density at radius 1 is 0.973 bits per heavy atom. The Hall–Kier alpha value is -3.53. The molecule has 0 aliphatic carbocycles. The summed E-state index contributed by atoms with van der Waals surface area (Å²) in [6.45, 7) is 8.35. The van der Waals surface area contributed by atoms with Crippen molar-refractivity contribution < 1.29 is 30.6 Å². The van der Waals surface area contributed by atoms with Gasteiger partial charge in [0.1, 0.15) is 10.6 Å². The van der Waals surface area contributed by atoms with Crippen molar-refractivity contribution in [2.24, 2.45) is 5.92 Å². The molecule has 3 aromatic rings. The summed E-state index contributed by atoms with van der Waals surface area (Å²) in [4.78, 5) is 14.2. The quantitative estimate of drug-likeness (QED) is 0.323. The summed E-state index contributed by atoms with van der Waals surface area (Å²) in [7, 11) is -4.52. The van der Waals surface area contributed by atoms with Crippen LogP contribution in [0.4, 0.5) is 23.7 Å². The Labute approximate surface area is 215 Å². The normalized spacial score (nSPS) is 11.9. The molecule has 0 aliphatic rings. The van der Waals surface area contributed by atoms with Crippen molar-refractivity contribution in [1.29, 1.82) is 0 Å². The Morgan fingerprint density at radius 3 is 2.22 bits per heavy atom. The fraction of sp³-hybridized carbons (Fsp3) is 0.296.